The number of sulfonamides is 1. The van der Waals surface area contributed by atoms with E-state index in [1.165, 1.54) is 17.0 Å². The van der Waals surface area contributed by atoms with Crippen LogP contribution in [0.25, 0.3) is 0 Å². The Labute approximate surface area is 224 Å². The van der Waals surface area contributed by atoms with Gasteiger partial charge in [-0.25, -0.2) is 8.42 Å². The summed E-state index contributed by atoms with van der Waals surface area (Å²) in [7, 11) is -4.09. The lowest BCUT2D eigenvalue weighted by Crippen LogP contribution is -2.51. The summed E-state index contributed by atoms with van der Waals surface area (Å²) in [6, 6.07) is 19.5. The van der Waals surface area contributed by atoms with E-state index in [-0.39, 0.29) is 17.3 Å². The molecule has 3 rings (SSSR count). The van der Waals surface area contributed by atoms with Crippen LogP contribution in [0, 0.1) is 13.8 Å². The molecule has 0 bridgehead atoms. The van der Waals surface area contributed by atoms with Crippen LogP contribution in [0.15, 0.2) is 77.7 Å². The van der Waals surface area contributed by atoms with Crippen LogP contribution in [0.4, 0.5) is 5.69 Å². The van der Waals surface area contributed by atoms with E-state index in [4.69, 9.17) is 11.6 Å². The minimum Gasteiger partial charge on any atom is -0.355 e. The minimum atomic E-state index is -4.09. The van der Waals surface area contributed by atoms with Gasteiger partial charge in [0.15, 0.2) is 0 Å². The Bertz CT molecular complexity index is 1350. The first-order chi connectivity index (χ1) is 17.6. The Morgan fingerprint density at radius 3 is 2.22 bits per heavy atom. The molecular formula is C28H32ClN3O4S. The Hall–Kier alpha value is -3.36. The van der Waals surface area contributed by atoms with Gasteiger partial charge >= 0.3 is 0 Å². The molecule has 0 saturated heterocycles. The molecule has 0 heterocycles. The number of likely N-dealkylation sites (N-methyl/N-ethyl adjacent to an activating group) is 1. The maximum atomic E-state index is 13.8. The number of rotatable bonds is 10. The van der Waals surface area contributed by atoms with Crippen molar-refractivity contribution in [1.82, 2.24) is 10.2 Å². The molecule has 3 aromatic carbocycles. The molecule has 37 heavy (non-hydrogen) atoms. The molecule has 0 aliphatic carbocycles. The van der Waals surface area contributed by atoms with Gasteiger partial charge in [-0.15, -0.1) is 0 Å². The topological polar surface area (TPSA) is 86.8 Å². The number of carbonyl (C=O) groups is 2. The molecule has 0 aliphatic rings. The zero-order chi connectivity index (χ0) is 27.2. The van der Waals surface area contributed by atoms with Crippen LogP contribution in [-0.2, 0) is 26.2 Å². The second-order valence-corrected chi connectivity index (χ2v) is 11.1. The van der Waals surface area contributed by atoms with Crippen LogP contribution in [0.5, 0.6) is 0 Å². The van der Waals surface area contributed by atoms with Gasteiger partial charge in [0.25, 0.3) is 10.0 Å². The van der Waals surface area contributed by atoms with E-state index >= 15 is 0 Å². The van der Waals surface area contributed by atoms with Gasteiger partial charge in [-0.2, -0.15) is 0 Å². The third-order valence-electron chi connectivity index (χ3n) is 6.24. The van der Waals surface area contributed by atoms with Crippen molar-refractivity contribution in [3.8, 4) is 0 Å². The van der Waals surface area contributed by atoms with E-state index in [1.807, 2.05) is 19.9 Å². The van der Waals surface area contributed by atoms with Crippen LogP contribution in [0.3, 0.4) is 0 Å². The second kappa shape index (κ2) is 12.3. The fourth-order valence-electron chi connectivity index (χ4n) is 3.93. The highest BCUT2D eigenvalue weighted by Crippen LogP contribution is 2.29. The number of carbonyl (C=O) groups excluding carboxylic acids is 2. The number of amides is 2. The molecule has 196 valence electrons. The third-order valence-corrected chi connectivity index (χ3v) is 8.27. The van der Waals surface area contributed by atoms with E-state index in [1.54, 1.807) is 68.4 Å². The van der Waals surface area contributed by atoms with Crippen LogP contribution in [0.2, 0.25) is 5.02 Å². The number of anilines is 1. The first-order valence-electron chi connectivity index (χ1n) is 12.0. The summed E-state index contributed by atoms with van der Waals surface area (Å²) in [5.41, 5.74) is 2.81. The smallest absolute Gasteiger partial charge is 0.264 e. The van der Waals surface area contributed by atoms with Crippen molar-refractivity contribution in [2.75, 3.05) is 17.4 Å². The van der Waals surface area contributed by atoms with E-state index in [9.17, 15) is 18.0 Å². The Balaban J connectivity index is 2.06. The molecule has 0 aliphatic heterocycles. The van der Waals surface area contributed by atoms with Crippen molar-refractivity contribution in [3.63, 3.8) is 0 Å². The number of hydrogen-bond donors (Lipinski definition) is 1. The second-order valence-electron chi connectivity index (χ2n) is 8.76. The summed E-state index contributed by atoms with van der Waals surface area (Å²) in [6.07, 6.45) is 0. The van der Waals surface area contributed by atoms with Crippen molar-refractivity contribution in [2.24, 2.45) is 0 Å². The fraction of sp³-hybridized carbons (Fsp3) is 0.286. The molecule has 2 amide bonds. The van der Waals surface area contributed by atoms with Gasteiger partial charge in [-0.1, -0.05) is 54.1 Å². The van der Waals surface area contributed by atoms with Crippen LogP contribution in [-0.4, -0.2) is 44.3 Å². The lowest BCUT2D eigenvalue weighted by atomic mass is 10.1. The Morgan fingerprint density at radius 1 is 0.946 bits per heavy atom. The molecule has 0 saturated carbocycles. The fourth-order valence-corrected chi connectivity index (χ4v) is 5.55. The van der Waals surface area contributed by atoms with Gasteiger partial charge in [-0.05, 0) is 74.7 Å². The average molecular weight is 542 g/mol. The number of halogens is 1. The molecule has 1 unspecified atom stereocenters. The van der Waals surface area contributed by atoms with E-state index in [0.29, 0.717) is 17.3 Å². The van der Waals surface area contributed by atoms with Crippen molar-refractivity contribution in [1.29, 1.82) is 0 Å². The predicted molar refractivity (Wildman–Crippen MR) is 147 cm³/mol. The van der Waals surface area contributed by atoms with Crippen molar-refractivity contribution < 1.29 is 18.0 Å². The number of hydrogen-bond acceptors (Lipinski definition) is 4. The molecule has 9 heteroatoms. The number of aryl methyl sites for hydroxylation is 1. The quantitative estimate of drug-likeness (QED) is 0.403. The summed E-state index contributed by atoms with van der Waals surface area (Å²) in [6.45, 7) is 7.18. The van der Waals surface area contributed by atoms with E-state index in [2.05, 4.69) is 5.32 Å². The van der Waals surface area contributed by atoms with Gasteiger partial charge in [-0.3, -0.25) is 13.9 Å². The predicted octanol–water partition coefficient (Wildman–Crippen LogP) is 4.71. The summed E-state index contributed by atoms with van der Waals surface area (Å²) in [5, 5.41) is 3.30. The highest BCUT2D eigenvalue weighted by atomic mass is 35.5. The van der Waals surface area contributed by atoms with Gasteiger partial charge in [0.2, 0.25) is 11.8 Å². The van der Waals surface area contributed by atoms with Gasteiger partial charge < -0.3 is 10.2 Å². The van der Waals surface area contributed by atoms with Crippen molar-refractivity contribution in [2.45, 2.75) is 45.2 Å². The standard InChI is InChI=1S/C28H32ClN3O4S/c1-5-30-28(34)22(4)31(18-23-14-16-24(29)17-15-23)27(33)19-32(26-13-9-10-20(2)21(26)3)37(35,36)25-11-7-6-8-12-25/h6-17,22H,5,18-19H2,1-4H3,(H,30,34). The average Bonchev–Trinajstić information content (AvgIpc) is 2.88. The summed E-state index contributed by atoms with van der Waals surface area (Å²) in [4.78, 5) is 28.1. The van der Waals surface area contributed by atoms with Crippen LogP contribution in [0.1, 0.15) is 30.5 Å². The SMILES string of the molecule is CCNC(=O)C(C)N(Cc1ccc(Cl)cc1)C(=O)CN(c1cccc(C)c1C)S(=O)(=O)c1ccccc1. The zero-order valence-electron chi connectivity index (χ0n) is 21.4. The highest BCUT2D eigenvalue weighted by molar-refractivity contribution is 7.92. The summed E-state index contributed by atoms with van der Waals surface area (Å²) >= 11 is 6.02. The first kappa shape index (κ1) is 28.2. The minimum absolute atomic E-state index is 0.0738. The molecular weight excluding hydrogens is 510 g/mol. The first-order valence-corrected chi connectivity index (χ1v) is 13.8. The van der Waals surface area contributed by atoms with Gasteiger partial charge in [0.05, 0.1) is 10.6 Å². The third kappa shape index (κ3) is 6.70. The van der Waals surface area contributed by atoms with E-state index < -0.39 is 28.5 Å². The molecule has 3 aromatic rings. The van der Waals surface area contributed by atoms with Gasteiger partial charge in [0, 0.05) is 18.1 Å². The normalized spacial score (nSPS) is 12.0. The zero-order valence-corrected chi connectivity index (χ0v) is 23.0. The molecule has 0 fully saturated rings. The summed E-state index contributed by atoms with van der Waals surface area (Å²) in [5.74, 6) is -0.830. The summed E-state index contributed by atoms with van der Waals surface area (Å²) < 4.78 is 28.8. The number of nitrogens with zero attached hydrogens (tertiary/aromatic N) is 2. The lowest BCUT2D eigenvalue weighted by Gasteiger charge is -2.32. The molecule has 0 spiro atoms. The molecule has 1 atom stereocenters. The lowest BCUT2D eigenvalue weighted by molar-refractivity contribution is -0.139. The Morgan fingerprint density at radius 2 is 1.59 bits per heavy atom. The Kier molecular flexibility index (Phi) is 9.34. The monoisotopic (exact) mass is 541 g/mol. The van der Waals surface area contributed by atoms with E-state index in [0.717, 1.165) is 21.0 Å². The maximum Gasteiger partial charge on any atom is 0.264 e. The number of benzene rings is 3. The highest BCUT2D eigenvalue weighted by Gasteiger charge is 2.33. The van der Waals surface area contributed by atoms with Crippen LogP contribution >= 0.6 is 11.6 Å². The van der Waals surface area contributed by atoms with Crippen molar-refractivity contribution in [3.05, 3.63) is 94.5 Å². The maximum absolute atomic E-state index is 13.8. The molecule has 7 nitrogen and oxygen atoms in total. The van der Waals surface area contributed by atoms with Crippen LogP contribution < -0.4 is 9.62 Å². The van der Waals surface area contributed by atoms with Crippen molar-refractivity contribution >= 4 is 39.1 Å². The number of nitrogens with one attached hydrogen (secondary N) is 1. The molecule has 0 radical (unpaired) electrons. The molecule has 0 aromatic heterocycles. The molecule has 1 N–H and O–H groups in total. The van der Waals surface area contributed by atoms with Gasteiger partial charge in [0.1, 0.15) is 12.6 Å². The largest absolute Gasteiger partial charge is 0.355 e.